The molecule has 1 N–H and O–H groups in total. The molecule has 0 radical (unpaired) electrons. The van der Waals surface area contributed by atoms with Crippen molar-refractivity contribution >= 4 is 39.1 Å². The number of sulfonamides is 1. The van der Waals surface area contributed by atoms with Crippen molar-refractivity contribution in [1.29, 1.82) is 0 Å². The average molecular weight is 396 g/mol. The predicted octanol–water partition coefficient (Wildman–Crippen LogP) is 3.30. The van der Waals surface area contributed by atoms with E-state index in [1.165, 1.54) is 30.7 Å². The Labute approximate surface area is 154 Å². The van der Waals surface area contributed by atoms with Crippen molar-refractivity contribution in [2.45, 2.75) is 4.90 Å². The molecule has 0 aliphatic rings. The van der Waals surface area contributed by atoms with Crippen molar-refractivity contribution in [2.24, 2.45) is 0 Å². The lowest BCUT2D eigenvalue weighted by Gasteiger charge is -2.07. The number of hydrogen-bond acceptors (Lipinski definition) is 4. The smallest absolute Gasteiger partial charge is 0.285 e. The van der Waals surface area contributed by atoms with Crippen LogP contribution in [0, 0.1) is 0 Å². The Balaban J connectivity index is 1.83. The van der Waals surface area contributed by atoms with Gasteiger partial charge in [-0.3, -0.25) is 4.79 Å². The summed E-state index contributed by atoms with van der Waals surface area (Å²) in [6, 6.07) is 12.7. The van der Waals surface area contributed by atoms with Crippen LogP contribution in [0.25, 0.3) is 5.69 Å². The summed E-state index contributed by atoms with van der Waals surface area (Å²) in [5.41, 5.74) is 0.676. The van der Waals surface area contributed by atoms with Crippen LogP contribution in [0.1, 0.15) is 10.5 Å². The number of aromatic nitrogens is 2. The number of hydrogen-bond donors (Lipinski definition) is 1. The van der Waals surface area contributed by atoms with E-state index in [4.69, 9.17) is 23.2 Å². The van der Waals surface area contributed by atoms with Gasteiger partial charge in [-0.1, -0.05) is 35.3 Å². The Hall–Kier alpha value is -2.35. The third-order valence-corrected chi connectivity index (χ3v) is 5.38. The lowest BCUT2D eigenvalue weighted by molar-refractivity contribution is 0.0977. The van der Waals surface area contributed by atoms with Crippen LogP contribution in [-0.4, -0.2) is 23.9 Å². The lowest BCUT2D eigenvalue weighted by atomic mass is 10.3. The van der Waals surface area contributed by atoms with E-state index in [1.54, 1.807) is 34.9 Å². The highest BCUT2D eigenvalue weighted by molar-refractivity contribution is 7.90. The van der Waals surface area contributed by atoms with Gasteiger partial charge < -0.3 is 4.57 Å². The van der Waals surface area contributed by atoms with E-state index in [1.807, 2.05) is 4.72 Å². The third-order valence-electron chi connectivity index (χ3n) is 3.29. The van der Waals surface area contributed by atoms with Crippen molar-refractivity contribution in [3.05, 3.63) is 76.8 Å². The molecule has 0 fully saturated rings. The van der Waals surface area contributed by atoms with Crippen LogP contribution in [0.3, 0.4) is 0 Å². The minimum Gasteiger partial charge on any atom is -0.305 e. The highest BCUT2D eigenvalue weighted by Crippen LogP contribution is 2.20. The second kappa shape index (κ2) is 6.87. The monoisotopic (exact) mass is 395 g/mol. The third kappa shape index (κ3) is 3.84. The van der Waals surface area contributed by atoms with Gasteiger partial charge in [0.25, 0.3) is 15.9 Å². The minimum atomic E-state index is -4.10. The Morgan fingerprint density at radius 3 is 2.40 bits per heavy atom. The maximum atomic E-state index is 12.3. The first-order valence-electron chi connectivity index (χ1n) is 6.98. The molecule has 0 saturated carbocycles. The predicted molar refractivity (Wildman–Crippen MR) is 94.7 cm³/mol. The Bertz CT molecular complexity index is 1030. The van der Waals surface area contributed by atoms with Crippen LogP contribution < -0.4 is 4.72 Å². The molecule has 0 bridgehead atoms. The molecule has 0 aliphatic carbocycles. The summed E-state index contributed by atoms with van der Waals surface area (Å²) >= 11 is 11.7. The highest BCUT2D eigenvalue weighted by atomic mass is 35.5. The summed E-state index contributed by atoms with van der Waals surface area (Å²) < 4.78 is 28.1. The fraction of sp³-hybridized carbons (Fsp3) is 0. The van der Waals surface area contributed by atoms with Gasteiger partial charge in [0, 0.05) is 16.9 Å². The Morgan fingerprint density at radius 2 is 1.72 bits per heavy atom. The number of nitrogens with one attached hydrogen (secondary N) is 1. The molecule has 1 amide bonds. The van der Waals surface area contributed by atoms with Crippen LogP contribution in [0.4, 0.5) is 0 Å². The van der Waals surface area contributed by atoms with Gasteiger partial charge in [0.2, 0.25) is 0 Å². The number of carbonyl (C=O) groups excluding carboxylic acids is 1. The molecule has 3 rings (SSSR count). The van der Waals surface area contributed by atoms with E-state index >= 15 is 0 Å². The first-order valence-corrected chi connectivity index (χ1v) is 9.22. The normalized spacial score (nSPS) is 11.3. The van der Waals surface area contributed by atoms with Crippen molar-refractivity contribution in [3.63, 3.8) is 0 Å². The summed E-state index contributed by atoms with van der Waals surface area (Å²) in [4.78, 5) is 16.0. The maximum Gasteiger partial charge on any atom is 0.285 e. The lowest BCUT2D eigenvalue weighted by Crippen LogP contribution is -2.31. The summed E-state index contributed by atoms with van der Waals surface area (Å²) in [6.07, 6.45) is 2.82. The molecular weight excluding hydrogens is 385 g/mol. The molecule has 0 atom stereocenters. The Kier molecular flexibility index (Phi) is 4.80. The number of imidazole rings is 1. The van der Waals surface area contributed by atoms with Gasteiger partial charge in [-0.2, -0.15) is 0 Å². The van der Waals surface area contributed by atoms with Gasteiger partial charge in [0.05, 0.1) is 5.02 Å². The zero-order chi connectivity index (χ0) is 18.0. The van der Waals surface area contributed by atoms with Gasteiger partial charge in [-0.05, 0) is 36.4 Å². The van der Waals surface area contributed by atoms with Gasteiger partial charge >= 0.3 is 0 Å². The highest BCUT2D eigenvalue weighted by Gasteiger charge is 2.22. The minimum absolute atomic E-state index is 0.0227. The number of rotatable bonds is 4. The molecule has 0 unspecified atom stereocenters. The van der Waals surface area contributed by atoms with Crippen LogP contribution in [0.5, 0.6) is 0 Å². The molecule has 1 heterocycles. The maximum absolute atomic E-state index is 12.3. The van der Waals surface area contributed by atoms with Crippen molar-refractivity contribution in [1.82, 2.24) is 14.3 Å². The first-order chi connectivity index (χ1) is 11.9. The second-order valence-corrected chi connectivity index (χ2v) is 7.50. The molecule has 0 spiro atoms. The number of carbonyl (C=O) groups is 1. The quantitative estimate of drug-likeness (QED) is 0.734. The number of halogens is 2. The largest absolute Gasteiger partial charge is 0.305 e. The molecule has 1 aromatic heterocycles. The summed E-state index contributed by atoms with van der Waals surface area (Å²) in [5.74, 6) is -0.854. The van der Waals surface area contributed by atoms with Crippen molar-refractivity contribution < 1.29 is 13.2 Å². The van der Waals surface area contributed by atoms with Crippen molar-refractivity contribution in [2.75, 3.05) is 0 Å². The van der Waals surface area contributed by atoms with Crippen molar-refractivity contribution in [3.8, 4) is 5.69 Å². The van der Waals surface area contributed by atoms with Crippen LogP contribution in [0.2, 0.25) is 10.0 Å². The molecule has 0 aliphatic heterocycles. The summed E-state index contributed by atoms with van der Waals surface area (Å²) in [7, 11) is -4.10. The number of nitrogens with zero attached hydrogens (tertiary/aromatic N) is 2. The van der Waals surface area contributed by atoms with Gasteiger partial charge in [-0.15, -0.1) is 0 Å². The van der Waals surface area contributed by atoms with Crippen LogP contribution in [-0.2, 0) is 10.0 Å². The Morgan fingerprint density at radius 1 is 1.04 bits per heavy atom. The first kappa shape index (κ1) is 17.5. The molecule has 128 valence electrons. The van der Waals surface area contributed by atoms with Gasteiger partial charge in [0.15, 0.2) is 0 Å². The summed E-state index contributed by atoms with van der Waals surface area (Å²) in [5, 5.41) is 0.599. The zero-order valence-electron chi connectivity index (χ0n) is 12.6. The number of amides is 1. The van der Waals surface area contributed by atoms with E-state index in [-0.39, 0.29) is 15.6 Å². The van der Waals surface area contributed by atoms with Gasteiger partial charge in [0.1, 0.15) is 16.9 Å². The van der Waals surface area contributed by atoms with Crippen LogP contribution in [0.15, 0.2) is 66.0 Å². The number of benzene rings is 2. The van der Waals surface area contributed by atoms with E-state index < -0.39 is 15.9 Å². The molecular formula is C16H11Cl2N3O3S. The van der Waals surface area contributed by atoms with Crippen LogP contribution >= 0.6 is 23.2 Å². The average Bonchev–Trinajstić information content (AvgIpc) is 3.05. The fourth-order valence-corrected chi connectivity index (χ4v) is 3.69. The second-order valence-electron chi connectivity index (χ2n) is 5.01. The molecule has 6 nitrogen and oxygen atoms in total. The molecule has 2 aromatic carbocycles. The van der Waals surface area contributed by atoms with E-state index in [9.17, 15) is 13.2 Å². The van der Waals surface area contributed by atoms with Gasteiger partial charge in [-0.25, -0.2) is 18.1 Å². The SMILES string of the molecule is O=C(NS(=O)(=O)c1ccccc1Cl)c1cn(-c2ccc(Cl)cc2)cn1. The molecule has 9 heteroatoms. The fourth-order valence-electron chi connectivity index (χ4n) is 2.09. The molecule has 3 aromatic rings. The standard InChI is InChI=1S/C16H11Cl2N3O3S/c17-11-5-7-12(8-6-11)21-9-14(19-10-21)16(22)20-25(23,24)15-4-2-1-3-13(15)18/h1-10H,(H,20,22). The topological polar surface area (TPSA) is 81.1 Å². The summed E-state index contributed by atoms with van der Waals surface area (Å²) in [6.45, 7) is 0. The molecule has 25 heavy (non-hydrogen) atoms. The molecule has 0 saturated heterocycles. The van der Waals surface area contributed by atoms with E-state index in [2.05, 4.69) is 4.98 Å². The van der Waals surface area contributed by atoms with E-state index in [0.29, 0.717) is 5.02 Å². The zero-order valence-corrected chi connectivity index (χ0v) is 14.9. The van der Waals surface area contributed by atoms with E-state index in [0.717, 1.165) is 5.69 Å².